The molecule has 2 aromatic heterocycles. The Kier molecular flexibility index (Phi) is 7.78. The molecular formula is C27H31F3N4O4. The highest BCUT2D eigenvalue weighted by molar-refractivity contribution is 5.97. The first-order chi connectivity index (χ1) is 17.8. The van der Waals surface area contributed by atoms with E-state index in [4.69, 9.17) is 4.74 Å². The van der Waals surface area contributed by atoms with Crippen molar-refractivity contribution in [2.75, 3.05) is 19.7 Å². The molecule has 0 atom stereocenters. The van der Waals surface area contributed by atoms with E-state index in [0.29, 0.717) is 41.9 Å². The molecule has 0 unspecified atom stereocenters. The molecule has 0 radical (unpaired) electrons. The topological polar surface area (TPSA) is 97.5 Å². The van der Waals surface area contributed by atoms with Crippen LogP contribution in [0.4, 0.5) is 13.2 Å². The van der Waals surface area contributed by atoms with Gasteiger partial charge in [-0.05, 0) is 57.7 Å². The van der Waals surface area contributed by atoms with Gasteiger partial charge in [0.25, 0.3) is 0 Å². The molecule has 3 heterocycles. The van der Waals surface area contributed by atoms with Gasteiger partial charge in [-0.25, -0.2) is 4.98 Å². The van der Waals surface area contributed by atoms with E-state index < -0.39 is 23.3 Å². The summed E-state index contributed by atoms with van der Waals surface area (Å²) in [5.41, 5.74) is -1.13. The van der Waals surface area contributed by atoms with E-state index in [0.717, 1.165) is 25.0 Å². The van der Waals surface area contributed by atoms with Gasteiger partial charge in [0, 0.05) is 42.7 Å². The number of fused-ring (bicyclic) bond motifs is 1. The number of carbonyl (C=O) groups is 2. The summed E-state index contributed by atoms with van der Waals surface area (Å²) in [6, 6.07) is 6.60. The van der Waals surface area contributed by atoms with E-state index >= 15 is 0 Å². The maximum atomic E-state index is 13.0. The number of pyridine rings is 1. The van der Waals surface area contributed by atoms with Crippen LogP contribution in [0.1, 0.15) is 55.4 Å². The largest absolute Gasteiger partial charge is 0.494 e. The van der Waals surface area contributed by atoms with Crippen LogP contribution in [0, 0.1) is 5.92 Å². The number of amides is 1. The molecule has 8 nitrogen and oxygen atoms in total. The van der Waals surface area contributed by atoms with Crippen LogP contribution in [0.2, 0.25) is 0 Å². The van der Waals surface area contributed by atoms with E-state index in [1.54, 1.807) is 44.0 Å². The molecule has 0 saturated carbocycles. The summed E-state index contributed by atoms with van der Waals surface area (Å²) >= 11 is 0. The standard InChI is InChI=1S/C27H31F3N4O4/c1-4-38-23-14-21-18(12-17(23)13-22(35)20-6-5-7-24(31-20)27(28,29)30)15-34(32-21)16-25(36)33-10-8-19(9-11-33)26(2,3)37/h5-7,12,14-15,19,37H,4,8-11,13,16H2,1-3H3. The van der Waals surface area contributed by atoms with Gasteiger partial charge in [0.05, 0.1) is 17.7 Å². The molecule has 204 valence electrons. The summed E-state index contributed by atoms with van der Waals surface area (Å²) in [7, 11) is 0. The second-order valence-electron chi connectivity index (χ2n) is 10.1. The van der Waals surface area contributed by atoms with E-state index in [-0.39, 0.29) is 30.5 Å². The number of carbonyl (C=O) groups excluding carboxylic acids is 2. The lowest BCUT2D eigenvalue weighted by Gasteiger charge is -2.37. The summed E-state index contributed by atoms with van der Waals surface area (Å²) < 4.78 is 46.3. The Morgan fingerprint density at radius 1 is 1.16 bits per heavy atom. The fourth-order valence-corrected chi connectivity index (χ4v) is 4.75. The van der Waals surface area contributed by atoms with Crippen molar-refractivity contribution in [3.05, 3.63) is 53.5 Å². The molecule has 1 aliphatic heterocycles. The second kappa shape index (κ2) is 10.7. The van der Waals surface area contributed by atoms with Crippen LogP contribution in [0.25, 0.3) is 10.9 Å². The van der Waals surface area contributed by atoms with Crippen molar-refractivity contribution in [1.82, 2.24) is 19.7 Å². The quantitative estimate of drug-likeness (QED) is 0.435. The Hall–Kier alpha value is -3.47. The summed E-state index contributed by atoms with van der Waals surface area (Å²) in [5.74, 6) is -0.120. The molecule has 0 aliphatic carbocycles. The van der Waals surface area contributed by atoms with Crippen molar-refractivity contribution in [3.63, 3.8) is 0 Å². The maximum Gasteiger partial charge on any atom is 0.433 e. The number of Topliss-reactive ketones (excluding diaryl/α,β-unsaturated/α-hetero) is 1. The lowest BCUT2D eigenvalue weighted by molar-refractivity contribution is -0.141. The highest BCUT2D eigenvalue weighted by Crippen LogP contribution is 2.30. The zero-order chi connectivity index (χ0) is 27.7. The average molecular weight is 533 g/mol. The number of hydrogen-bond donors (Lipinski definition) is 1. The zero-order valence-electron chi connectivity index (χ0n) is 21.6. The Bertz CT molecular complexity index is 1320. The lowest BCUT2D eigenvalue weighted by Crippen LogP contribution is -2.45. The van der Waals surface area contributed by atoms with Gasteiger partial charge in [0.2, 0.25) is 5.91 Å². The molecule has 1 aliphatic rings. The summed E-state index contributed by atoms with van der Waals surface area (Å²) in [6.45, 7) is 6.85. The highest BCUT2D eigenvalue weighted by Gasteiger charge is 2.33. The first-order valence-corrected chi connectivity index (χ1v) is 12.6. The average Bonchev–Trinajstić information content (AvgIpc) is 3.24. The number of ketones is 1. The van der Waals surface area contributed by atoms with Crippen LogP contribution in [-0.2, 0) is 23.9 Å². The third-order valence-electron chi connectivity index (χ3n) is 6.85. The molecule has 1 saturated heterocycles. The molecule has 1 N–H and O–H groups in total. The molecule has 3 aromatic rings. The minimum Gasteiger partial charge on any atom is -0.494 e. The number of aliphatic hydroxyl groups is 1. The van der Waals surface area contributed by atoms with Crippen molar-refractivity contribution >= 4 is 22.6 Å². The highest BCUT2D eigenvalue weighted by atomic mass is 19.4. The van der Waals surface area contributed by atoms with Gasteiger partial charge in [-0.15, -0.1) is 0 Å². The van der Waals surface area contributed by atoms with Gasteiger partial charge >= 0.3 is 6.18 Å². The van der Waals surface area contributed by atoms with Crippen molar-refractivity contribution < 1.29 is 32.6 Å². The Labute approximate surface area is 218 Å². The van der Waals surface area contributed by atoms with Gasteiger partial charge in [-0.2, -0.15) is 18.3 Å². The fourth-order valence-electron chi connectivity index (χ4n) is 4.75. The van der Waals surface area contributed by atoms with Gasteiger partial charge in [-0.1, -0.05) is 6.07 Å². The van der Waals surface area contributed by atoms with E-state index in [1.165, 1.54) is 10.7 Å². The number of aromatic nitrogens is 3. The monoisotopic (exact) mass is 532 g/mol. The number of alkyl halides is 3. The molecule has 38 heavy (non-hydrogen) atoms. The van der Waals surface area contributed by atoms with Crippen molar-refractivity contribution in [2.24, 2.45) is 5.92 Å². The molecule has 11 heteroatoms. The van der Waals surface area contributed by atoms with Crippen LogP contribution in [-0.4, -0.2) is 61.8 Å². The second-order valence-corrected chi connectivity index (χ2v) is 10.1. The molecule has 1 fully saturated rings. The minimum atomic E-state index is -4.65. The van der Waals surface area contributed by atoms with E-state index in [9.17, 15) is 27.9 Å². The fraction of sp³-hybridized carbons (Fsp3) is 0.481. The first kappa shape index (κ1) is 27.6. The number of rotatable bonds is 8. The van der Waals surface area contributed by atoms with Crippen LogP contribution in [0.5, 0.6) is 5.75 Å². The molecule has 1 amide bonds. The number of ether oxygens (including phenoxy) is 1. The SMILES string of the molecule is CCOc1cc2nn(CC(=O)N3CCC(C(C)(C)O)CC3)cc2cc1CC(=O)c1cccc(C(F)(F)F)n1. The number of likely N-dealkylation sites (tertiary alicyclic amines) is 1. The Morgan fingerprint density at radius 3 is 2.50 bits per heavy atom. The first-order valence-electron chi connectivity index (χ1n) is 12.6. The number of halogens is 3. The molecule has 0 bridgehead atoms. The normalized spacial score (nSPS) is 15.2. The van der Waals surface area contributed by atoms with Crippen LogP contribution in [0.3, 0.4) is 0 Å². The van der Waals surface area contributed by atoms with Gasteiger partial charge in [0.1, 0.15) is 23.7 Å². The van der Waals surface area contributed by atoms with Crippen LogP contribution in [0.15, 0.2) is 36.5 Å². The lowest BCUT2D eigenvalue weighted by atomic mass is 9.83. The zero-order valence-corrected chi connectivity index (χ0v) is 21.6. The Morgan fingerprint density at radius 2 is 1.87 bits per heavy atom. The molecule has 1 aromatic carbocycles. The van der Waals surface area contributed by atoms with Crippen molar-refractivity contribution in [1.29, 1.82) is 0 Å². The number of nitrogens with zero attached hydrogens (tertiary/aromatic N) is 4. The van der Waals surface area contributed by atoms with Crippen molar-refractivity contribution in [3.8, 4) is 5.75 Å². The van der Waals surface area contributed by atoms with Crippen molar-refractivity contribution in [2.45, 2.75) is 58.4 Å². The van der Waals surface area contributed by atoms with Gasteiger partial charge in [0.15, 0.2) is 5.78 Å². The summed E-state index contributed by atoms with van der Waals surface area (Å²) in [4.78, 5) is 31.0. The minimum absolute atomic E-state index is 0.0360. The summed E-state index contributed by atoms with van der Waals surface area (Å²) in [6.07, 6.45) is -1.70. The maximum absolute atomic E-state index is 13.0. The van der Waals surface area contributed by atoms with E-state index in [1.807, 2.05) is 0 Å². The summed E-state index contributed by atoms with van der Waals surface area (Å²) in [5, 5.41) is 15.4. The predicted octanol–water partition coefficient (Wildman–Crippen LogP) is 4.28. The molecule has 0 spiro atoms. The molecule has 4 rings (SSSR count). The van der Waals surface area contributed by atoms with Crippen LogP contribution < -0.4 is 4.74 Å². The molecular weight excluding hydrogens is 501 g/mol. The third kappa shape index (κ3) is 6.32. The van der Waals surface area contributed by atoms with Gasteiger partial charge in [-0.3, -0.25) is 14.3 Å². The van der Waals surface area contributed by atoms with Crippen LogP contribution >= 0.6 is 0 Å². The smallest absolute Gasteiger partial charge is 0.433 e. The number of piperidine rings is 1. The third-order valence-corrected chi connectivity index (χ3v) is 6.85. The number of benzene rings is 1. The predicted molar refractivity (Wildman–Crippen MR) is 134 cm³/mol. The Balaban J connectivity index is 1.51. The van der Waals surface area contributed by atoms with Gasteiger partial charge < -0.3 is 14.7 Å². The van der Waals surface area contributed by atoms with E-state index in [2.05, 4.69) is 10.1 Å². The number of hydrogen-bond acceptors (Lipinski definition) is 6.